The Morgan fingerprint density at radius 2 is 1.85 bits per heavy atom. The van der Waals surface area contributed by atoms with E-state index in [9.17, 15) is 13.6 Å². The summed E-state index contributed by atoms with van der Waals surface area (Å²) in [7, 11) is 0. The van der Waals surface area contributed by atoms with Crippen LogP contribution in [0.3, 0.4) is 0 Å². The molecule has 33 heavy (non-hydrogen) atoms. The van der Waals surface area contributed by atoms with E-state index < -0.39 is 18.3 Å². The monoisotopic (exact) mass is 535 g/mol. The van der Waals surface area contributed by atoms with Crippen molar-refractivity contribution in [2.45, 2.75) is 39.3 Å². The second-order valence-electron chi connectivity index (χ2n) is 7.99. The highest BCUT2D eigenvalue weighted by Gasteiger charge is 2.45. The molecule has 1 amide bonds. The van der Waals surface area contributed by atoms with Crippen LogP contribution in [0.25, 0.3) is 5.65 Å². The molecule has 4 heterocycles. The number of aromatic nitrogens is 6. The van der Waals surface area contributed by atoms with Crippen LogP contribution < -0.4 is 4.90 Å². The van der Waals surface area contributed by atoms with E-state index in [4.69, 9.17) is 11.6 Å². The molecule has 5 rings (SSSR count). The quantitative estimate of drug-likeness (QED) is 0.353. The lowest BCUT2D eigenvalue weighted by Gasteiger charge is -2.27. The van der Waals surface area contributed by atoms with Crippen LogP contribution in [-0.4, -0.2) is 35.3 Å². The van der Waals surface area contributed by atoms with Crippen molar-refractivity contribution in [1.82, 2.24) is 29.4 Å². The Morgan fingerprint density at radius 3 is 2.48 bits per heavy atom. The number of amides is 1. The Morgan fingerprint density at radius 1 is 1.15 bits per heavy atom. The minimum Gasteiger partial charge on any atom is -0.317 e. The van der Waals surface area contributed by atoms with E-state index >= 15 is 0 Å². The van der Waals surface area contributed by atoms with E-state index in [1.165, 1.54) is 4.90 Å². The Labute approximate surface area is 200 Å². The van der Waals surface area contributed by atoms with Crippen molar-refractivity contribution < 1.29 is 13.6 Å². The molecule has 3 aromatic heterocycles. The van der Waals surface area contributed by atoms with Crippen molar-refractivity contribution in [2.75, 3.05) is 4.90 Å². The third-order valence-electron chi connectivity index (χ3n) is 5.55. The molecule has 8 nitrogen and oxygen atoms in total. The SMILES string of the molecule is Cc1cc(N2C(=O)c3nc(Br)n(C(C)C)c3C2c2ccc(Cl)cc2)nn2c(C(F)F)nnc12. The van der Waals surface area contributed by atoms with Crippen LogP contribution >= 0.6 is 27.5 Å². The third-order valence-corrected chi connectivity index (χ3v) is 6.36. The van der Waals surface area contributed by atoms with E-state index in [1.54, 1.807) is 25.1 Å². The van der Waals surface area contributed by atoms with Gasteiger partial charge in [0.1, 0.15) is 6.04 Å². The average molecular weight is 537 g/mol. The van der Waals surface area contributed by atoms with E-state index in [2.05, 4.69) is 36.2 Å². The minimum atomic E-state index is -2.87. The van der Waals surface area contributed by atoms with Gasteiger partial charge in [-0.25, -0.2) is 13.8 Å². The van der Waals surface area contributed by atoms with Gasteiger partial charge < -0.3 is 4.57 Å². The smallest absolute Gasteiger partial charge is 0.299 e. The highest BCUT2D eigenvalue weighted by atomic mass is 79.9. The lowest BCUT2D eigenvalue weighted by Crippen LogP contribution is -2.31. The van der Waals surface area contributed by atoms with Gasteiger partial charge in [0.05, 0.1) is 5.69 Å². The summed E-state index contributed by atoms with van der Waals surface area (Å²) in [5.41, 5.74) is 2.49. The highest BCUT2D eigenvalue weighted by molar-refractivity contribution is 9.10. The summed E-state index contributed by atoms with van der Waals surface area (Å²) in [6, 6.07) is 8.16. The first kappa shape index (κ1) is 21.9. The fourth-order valence-electron chi connectivity index (χ4n) is 4.15. The normalized spacial score (nSPS) is 16.0. The molecule has 12 heteroatoms. The molecule has 1 aliphatic rings. The van der Waals surface area contributed by atoms with Gasteiger partial charge in [-0.1, -0.05) is 23.7 Å². The Kier molecular flexibility index (Phi) is 5.20. The van der Waals surface area contributed by atoms with Crippen LogP contribution in [0.1, 0.15) is 65.5 Å². The first-order valence-electron chi connectivity index (χ1n) is 10.1. The summed E-state index contributed by atoms with van der Waals surface area (Å²) in [5.74, 6) is -0.784. The molecule has 1 atom stereocenters. The van der Waals surface area contributed by atoms with Crippen LogP contribution in [0.5, 0.6) is 0 Å². The predicted molar refractivity (Wildman–Crippen MR) is 121 cm³/mol. The number of hydrogen-bond acceptors (Lipinski definition) is 5. The number of halogens is 4. The second-order valence-corrected chi connectivity index (χ2v) is 9.13. The van der Waals surface area contributed by atoms with Gasteiger partial charge in [0.15, 0.2) is 21.9 Å². The van der Waals surface area contributed by atoms with Crippen molar-refractivity contribution >= 4 is 44.9 Å². The van der Waals surface area contributed by atoms with E-state index in [0.717, 1.165) is 10.1 Å². The van der Waals surface area contributed by atoms with Crippen molar-refractivity contribution in [3.05, 3.63) is 68.4 Å². The lowest BCUT2D eigenvalue weighted by atomic mass is 10.0. The van der Waals surface area contributed by atoms with Crippen molar-refractivity contribution in [3.8, 4) is 0 Å². The molecule has 0 radical (unpaired) electrons. The predicted octanol–water partition coefficient (Wildman–Crippen LogP) is 5.31. The van der Waals surface area contributed by atoms with E-state index in [-0.39, 0.29) is 29.1 Å². The maximum atomic E-state index is 13.6. The van der Waals surface area contributed by atoms with Gasteiger partial charge in [-0.15, -0.1) is 15.3 Å². The number of hydrogen-bond donors (Lipinski definition) is 0. The highest BCUT2D eigenvalue weighted by Crippen LogP contribution is 2.43. The van der Waals surface area contributed by atoms with E-state index in [1.807, 2.05) is 30.5 Å². The summed E-state index contributed by atoms with van der Waals surface area (Å²) in [4.78, 5) is 19.5. The largest absolute Gasteiger partial charge is 0.317 e. The summed E-state index contributed by atoms with van der Waals surface area (Å²) in [6.07, 6.45) is -2.87. The van der Waals surface area contributed by atoms with Crippen LogP contribution in [0.2, 0.25) is 5.02 Å². The molecule has 1 aromatic carbocycles. The van der Waals surface area contributed by atoms with Crippen LogP contribution in [0.15, 0.2) is 35.1 Å². The molecule has 0 aliphatic carbocycles. The topological polar surface area (TPSA) is 81.2 Å². The average Bonchev–Trinajstić information content (AvgIpc) is 3.40. The molecular formula is C21H17BrClF2N7O. The summed E-state index contributed by atoms with van der Waals surface area (Å²) >= 11 is 9.56. The Balaban J connectivity index is 1.76. The number of nitrogens with zero attached hydrogens (tertiary/aromatic N) is 7. The van der Waals surface area contributed by atoms with Gasteiger partial charge in [0.25, 0.3) is 12.3 Å². The van der Waals surface area contributed by atoms with Gasteiger partial charge in [-0.05, 0) is 66.0 Å². The number of anilines is 1. The molecule has 0 bridgehead atoms. The number of imidazole rings is 1. The summed E-state index contributed by atoms with van der Waals surface area (Å²) < 4.78 is 30.5. The number of carbonyl (C=O) groups is 1. The van der Waals surface area contributed by atoms with Gasteiger partial charge in [0.2, 0.25) is 5.82 Å². The number of fused-ring (bicyclic) bond motifs is 2. The molecule has 0 N–H and O–H groups in total. The number of rotatable bonds is 4. The molecule has 1 unspecified atom stereocenters. The lowest BCUT2D eigenvalue weighted by molar-refractivity contribution is 0.0988. The van der Waals surface area contributed by atoms with Crippen LogP contribution in [0.4, 0.5) is 14.6 Å². The standard InChI is InChI=1S/C21H17BrClF2N7O/c1-9(2)30-16-14(26-21(30)22)20(33)31(15(16)11-4-6-12(23)7-5-11)13-8-10(3)18-27-28-19(17(24)25)32(18)29-13/h4-9,15,17H,1-3H3. The van der Waals surface area contributed by atoms with E-state index in [0.29, 0.717) is 21.0 Å². The van der Waals surface area contributed by atoms with Gasteiger partial charge >= 0.3 is 0 Å². The zero-order chi connectivity index (χ0) is 23.6. The minimum absolute atomic E-state index is 0.00126. The van der Waals surface area contributed by atoms with Gasteiger partial charge in [-0.3, -0.25) is 9.69 Å². The van der Waals surface area contributed by atoms with Crippen LogP contribution in [0, 0.1) is 6.92 Å². The zero-order valence-electron chi connectivity index (χ0n) is 17.7. The fraction of sp³-hybridized carbons (Fsp3) is 0.286. The molecule has 4 aromatic rings. The molecule has 0 fully saturated rings. The molecule has 170 valence electrons. The first-order valence-corrected chi connectivity index (χ1v) is 11.2. The molecule has 1 aliphatic heterocycles. The third kappa shape index (κ3) is 3.33. The number of aryl methyl sites for hydroxylation is 1. The van der Waals surface area contributed by atoms with Crippen molar-refractivity contribution in [1.29, 1.82) is 0 Å². The maximum absolute atomic E-state index is 13.6. The molecule has 0 saturated heterocycles. The summed E-state index contributed by atoms with van der Waals surface area (Å²) in [6.45, 7) is 5.68. The fourth-order valence-corrected chi connectivity index (χ4v) is 5.05. The number of benzene rings is 1. The zero-order valence-corrected chi connectivity index (χ0v) is 20.0. The first-order chi connectivity index (χ1) is 15.7. The second kappa shape index (κ2) is 7.84. The Hall–Kier alpha value is -2.92. The summed E-state index contributed by atoms with van der Waals surface area (Å²) in [5, 5.41) is 12.3. The van der Waals surface area contributed by atoms with Crippen molar-refractivity contribution in [3.63, 3.8) is 0 Å². The number of alkyl halides is 2. The van der Waals surface area contributed by atoms with Crippen LogP contribution in [-0.2, 0) is 0 Å². The Bertz CT molecular complexity index is 1400. The van der Waals surface area contributed by atoms with Gasteiger partial charge in [0, 0.05) is 11.1 Å². The molecule has 0 spiro atoms. The number of carbonyl (C=O) groups excluding carboxylic acids is 1. The van der Waals surface area contributed by atoms with Gasteiger partial charge in [-0.2, -0.15) is 4.52 Å². The maximum Gasteiger partial charge on any atom is 0.299 e. The van der Waals surface area contributed by atoms with Crippen molar-refractivity contribution in [2.24, 2.45) is 0 Å². The molecular weight excluding hydrogens is 520 g/mol. The molecule has 0 saturated carbocycles.